The molecule has 0 aliphatic heterocycles. The van der Waals surface area contributed by atoms with E-state index in [4.69, 9.17) is 22.1 Å². The van der Waals surface area contributed by atoms with Gasteiger partial charge in [-0.2, -0.15) is 0 Å². The number of nitrogens with zero attached hydrogens (tertiary/aromatic N) is 2. The zero-order chi connectivity index (χ0) is 31.5. The Morgan fingerprint density at radius 3 is 2.47 bits per heavy atom. The second kappa shape index (κ2) is 11.5. The molecule has 4 aliphatic rings. The average molecular weight is 618 g/mol. The van der Waals surface area contributed by atoms with E-state index < -0.39 is 58.0 Å². The number of ether oxygens (including phenoxy) is 1. The molecule has 0 aromatic heterocycles. The molecule has 11 nitrogen and oxygen atoms in total. The molecule has 0 heterocycles. The first kappa shape index (κ1) is 31.5. The number of Topliss-reactive ketones (excluding diaryl/α,β-unsaturated/α-hetero) is 2. The monoisotopic (exact) mass is 617 g/mol. The number of phenolic OH excluding ortho intramolecular Hbond substituents is 1. The van der Waals surface area contributed by atoms with Gasteiger partial charge in [-0.15, -0.1) is 0 Å². The average Bonchev–Trinajstić information content (AvgIpc) is 3.72. The largest absolute Gasteiger partial charge is 0.508 e. The van der Waals surface area contributed by atoms with Crippen LogP contribution in [-0.4, -0.2) is 99.2 Å². The first-order valence-electron chi connectivity index (χ1n) is 14.7. The van der Waals surface area contributed by atoms with Crippen molar-refractivity contribution in [3.8, 4) is 5.75 Å². The van der Waals surface area contributed by atoms with Gasteiger partial charge in [-0.25, -0.2) is 0 Å². The first-order chi connectivity index (χ1) is 20.2. The van der Waals surface area contributed by atoms with Crippen LogP contribution in [0.25, 0.3) is 5.76 Å². The van der Waals surface area contributed by atoms with Crippen LogP contribution in [0.2, 0.25) is 5.02 Å². The standard InChI is InChI=1S/C31H40ClN3O8/c1-14(2)43-8-7-35(12-15-5-6-15)13-17-11-20(36)22-18(24(17)32)9-16-10-19-25(34(3)4)27(38)23(30(33)41)29(40)31(19,42)28(39)21(16)26(22)37/h11,14-16,19,25,36-37,40,42H,5-10,12-13H2,1-4H3,(H2,33,41)/t16-,19-,25-,31-/m0/s1. The van der Waals surface area contributed by atoms with Crippen molar-refractivity contribution in [2.24, 2.45) is 23.5 Å². The molecule has 0 bridgehead atoms. The van der Waals surface area contributed by atoms with Crippen LogP contribution in [0.4, 0.5) is 0 Å². The lowest BCUT2D eigenvalue weighted by atomic mass is 9.57. The molecular formula is C31H40ClN3O8. The maximum Gasteiger partial charge on any atom is 0.255 e. The molecule has 6 N–H and O–H groups in total. The number of aliphatic hydroxyl groups excluding tert-OH is 2. The van der Waals surface area contributed by atoms with E-state index >= 15 is 0 Å². The van der Waals surface area contributed by atoms with Crippen LogP contribution in [0.5, 0.6) is 5.75 Å². The number of aromatic hydroxyl groups is 1. The Labute approximate surface area is 255 Å². The zero-order valence-electron chi connectivity index (χ0n) is 24.9. The molecule has 0 spiro atoms. The van der Waals surface area contributed by atoms with E-state index in [0.29, 0.717) is 41.8 Å². The SMILES string of the molecule is CC(C)OCCN(Cc1cc(O)c2c(c1Cl)C[C@H]1C[C@H]3[C@H](N(C)C)C(=O)C(C(N)=O)=C(O)[C@@]3(O)C(=O)C1=C2O)CC1CC1. The minimum Gasteiger partial charge on any atom is -0.508 e. The van der Waals surface area contributed by atoms with Crippen molar-refractivity contribution >= 4 is 34.8 Å². The molecule has 4 aliphatic carbocycles. The second-order valence-electron chi connectivity index (χ2n) is 12.8. The summed E-state index contributed by atoms with van der Waals surface area (Å²) in [5.41, 5.74) is 2.78. The third-order valence-corrected chi connectivity index (χ3v) is 9.67. The number of amides is 1. The number of ketones is 2. The Morgan fingerprint density at radius 1 is 1.21 bits per heavy atom. The van der Waals surface area contributed by atoms with Gasteiger partial charge in [-0.1, -0.05) is 11.6 Å². The number of rotatable bonds is 10. The fourth-order valence-electron chi connectivity index (χ4n) is 7.02. The lowest BCUT2D eigenvalue weighted by Gasteiger charge is -2.50. The van der Waals surface area contributed by atoms with Gasteiger partial charge in [-0.05, 0) is 82.7 Å². The van der Waals surface area contributed by atoms with Gasteiger partial charge in [-0.3, -0.25) is 24.2 Å². The van der Waals surface area contributed by atoms with Crippen LogP contribution in [0.1, 0.15) is 49.8 Å². The topological polar surface area (TPSA) is 174 Å². The Hall–Kier alpha value is -2.96. The third kappa shape index (κ3) is 5.35. The van der Waals surface area contributed by atoms with Crippen molar-refractivity contribution in [2.45, 2.75) is 63.8 Å². The highest BCUT2D eigenvalue weighted by atomic mass is 35.5. The minimum atomic E-state index is -2.68. The third-order valence-electron chi connectivity index (χ3n) is 9.19. The van der Waals surface area contributed by atoms with Crippen LogP contribution >= 0.6 is 11.6 Å². The number of primary amides is 1. The van der Waals surface area contributed by atoms with Crippen LogP contribution in [-0.2, 0) is 32.1 Å². The molecular weight excluding hydrogens is 578 g/mol. The number of carbonyl (C=O) groups excluding carboxylic acids is 3. The van der Waals surface area contributed by atoms with Gasteiger partial charge in [0.25, 0.3) is 5.91 Å². The van der Waals surface area contributed by atoms with Crippen molar-refractivity contribution in [1.82, 2.24) is 9.80 Å². The number of likely N-dealkylation sites (N-methyl/N-ethyl adjacent to an activating group) is 1. The van der Waals surface area contributed by atoms with Crippen LogP contribution in [0.15, 0.2) is 23.0 Å². The number of benzene rings is 1. The number of fused-ring (bicyclic) bond motifs is 3. The van der Waals surface area contributed by atoms with Crippen molar-refractivity contribution < 1.29 is 39.5 Å². The van der Waals surface area contributed by atoms with Gasteiger partial charge in [0.15, 0.2) is 11.4 Å². The van der Waals surface area contributed by atoms with E-state index in [1.54, 1.807) is 14.1 Å². The molecule has 0 radical (unpaired) electrons. The molecule has 4 atom stereocenters. The predicted octanol–water partition coefficient (Wildman–Crippen LogP) is 2.25. The second-order valence-corrected chi connectivity index (χ2v) is 13.2. The molecule has 2 saturated carbocycles. The summed E-state index contributed by atoms with van der Waals surface area (Å²) in [6.45, 7) is 6.50. The van der Waals surface area contributed by atoms with Crippen molar-refractivity contribution in [3.63, 3.8) is 0 Å². The zero-order valence-corrected chi connectivity index (χ0v) is 25.6. The summed E-state index contributed by atoms with van der Waals surface area (Å²) < 4.78 is 5.76. The first-order valence-corrected chi connectivity index (χ1v) is 15.1. The van der Waals surface area contributed by atoms with E-state index in [0.717, 1.165) is 19.4 Å². The fourth-order valence-corrected chi connectivity index (χ4v) is 7.31. The highest BCUT2D eigenvalue weighted by molar-refractivity contribution is 6.32. The fraction of sp³-hybridized carbons (Fsp3) is 0.581. The summed E-state index contributed by atoms with van der Waals surface area (Å²) in [5, 5.41) is 45.6. The van der Waals surface area contributed by atoms with Crippen LogP contribution in [0, 0.1) is 17.8 Å². The summed E-state index contributed by atoms with van der Waals surface area (Å²) in [5.74, 6) is -6.27. The molecule has 2 fully saturated rings. The maximum atomic E-state index is 14.0. The predicted molar refractivity (Wildman–Crippen MR) is 158 cm³/mol. The van der Waals surface area contributed by atoms with Gasteiger partial charge in [0.2, 0.25) is 5.78 Å². The van der Waals surface area contributed by atoms with Crippen LogP contribution < -0.4 is 5.73 Å². The molecule has 1 aromatic carbocycles. The Morgan fingerprint density at radius 2 is 1.88 bits per heavy atom. The Balaban J connectivity index is 1.55. The molecule has 43 heavy (non-hydrogen) atoms. The normalized spacial score (nSPS) is 27.2. The number of aliphatic hydroxyl groups is 3. The molecule has 5 rings (SSSR count). The Kier molecular flexibility index (Phi) is 8.43. The molecule has 12 heteroatoms. The van der Waals surface area contributed by atoms with E-state index in [1.807, 2.05) is 13.8 Å². The number of carbonyl (C=O) groups is 3. The molecule has 234 valence electrons. The van der Waals surface area contributed by atoms with Gasteiger partial charge < -0.3 is 30.9 Å². The number of phenols is 1. The van der Waals surface area contributed by atoms with Crippen molar-refractivity contribution in [2.75, 3.05) is 33.8 Å². The van der Waals surface area contributed by atoms with E-state index in [9.17, 15) is 34.8 Å². The van der Waals surface area contributed by atoms with Crippen LogP contribution in [0.3, 0.4) is 0 Å². The van der Waals surface area contributed by atoms with Gasteiger partial charge >= 0.3 is 0 Å². The lowest BCUT2D eigenvalue weighted by molar-refractivity contribution is -0.153. The van der Waals surface area contributed by atoms with Gasteiger partial charge in [0.05, 0.1) is 24.3 Å². The highest BCUT2D eigenvalue weighted by Crippen LogP contribution is 2.53. The van der Waals surface area contributed by atoms with Crippen molar-refractivity contribution in [3.05, 3.63) is 44.7 Å². The van der Waals surface area contributed by atoms with E-state index in [2.05, 4.69) is 4.90 Å². The molecule has 0 unspecified atom stereocenters. The number of hydrogen-bond donors (Lipinski definition) is 5. The van der Waals surface area contributed by atoms with Gasteiger partial charge in [0.1, 0.15) is 22.8 Å². The summed E-state index contributed by atoms with van der Waals surface area (Å²) >= 11 is 6.96. The lowest BCUT2D eigenvalue weighted by Crippen LogP contribution is -2.65. The van der Waals surface area contributed by atoms with Gasteiger partial charge in [0, 0.05) is 36.1 Å². The summed E-state index contributed by atoms with van der Waals surface area (Å²) in [7, 11) is 3.13. The molecule has 1 amide bonds. The minimum absolute atomic E-state index is 0.00737. The quantitative estimate of drug-likeness (QED) is 0.245. The Bertz CT molecular complexity index is 1430. The summed E-state index contributed by atoms with van der Waals surface area (Å²) in [4.78, 5) is 43.1. The number of hydrogen-bond acceptors (Lipinski definition) is 10. The highest BCUT2D eigenvalue weighted by Gasteiger charge is 2.64. The van der Waals surface area contributed by atoms with E-state index in [1.165, 1.54) is 11.0 Å². The molecule has 1 aromatic rings. The summed E-state index contributed by atoms with van der Waals surface area (Å²) in [6, 6.07) is 0.340. The number of nitrogens with two attached hydrogens (primary N) is 1. The van der Waals surface area contributed by atoms with Crippen molar-refractivity contribution in [1.29, 1.82) is 0 Å². The maximum absolute atomic E-state index is 14.0. The molecule has 0 saturated heterocycles. The smallest absolute Gasteiger partial charge is 0.255 e. The van der Waals surface area contributed by atoms with E-state index in [-0.39, 0.29) is 35.8 Å². The number of halogens is 1. The summed E-state index contributed by atoms with van der Waals surface area (Å²) in [6.07, 6.45) is 2.58.